The Balaban J connectivity index is 1.58. The number of nitrogens with one attached hydrogen (secondary N) is 1. The van der Waals surface area contributed by atoms with Crippen LogP contribution in [0.15, 0.2) is 36.8 Å². The van der Waals surface area contributed by atoms with Crippen molar-refractivity contribution in [3.05, 3.63) is 48.0 Å². The molecule has 0 bridgehead atoms. The van der Waals surface area contributed by atoms with Gasteiger partial charge in [-0.3, -0.25) is 14.5 Å². The fraction of sp³-hybridized carbons (Fsp3) is 0.471. The van der Waals surface area contributed by atoms with Gasteiger partial charge in [-0.25, -0.2) is 0 Å². The van der Waals surface area contributed by atoms with Crippen molar-refractivity contribution in [2.75, 3.05) is 13.6 Å². The van der Waals surface area contributed by atoms with Crippen molar-refractivity contribution in [2.45, 2.75) is 31.3 Å². The van der Waals surface area contributed by atoms with Gasteiger partial charge in [-0.2, -0.15) is 5.10 Å². The molecule has 6 heteroatoms. The molecule has 1 saturated heterocycles. The summed E-state index contributed by atoms with van der Waals surface area (Å²) in [5.74, 6) is 0.181. The number of likely N-dealkylation sites (N-methyl/N-ethyl adjacent to an activating group) is 1. The minimum atomic E-state index is 0.0494. The Morgan fingerprint density at radius 1 is 1.30 bits per heavy atom. The van der Waals surface area contributed by atoms with E-state index in [4.69, 9.17) is 0 Å². The van der Waals surface area contributed by atoms with E-state index in [1.54, 1.807) is 12.4 Å². The molecule has 1 N–H and O–H groups in total. The quantitative estimate of drug-likeness (QED) is 0.817. The fourth-order valence-corrected chi connectivity index (χ4v) is 3.26. The monoisotopic (exact) mass is 313 g/mol. The highest BCUT2D eigenvalue weighted by Crippen LogP contribution is 2.31. The Labute approximate surface area is 136 Å². The van der Waals surface area contributed by atoms with Gasteiger partial charge in [0.2, 0.25) is 5.91 Å². The second-order valence-corrected chi connectivity index (χ2v) is 6.06. The van der Waals surface area contributed by atoms with Gasteiger partial charge in [0, 0.05) is 45.1 Å². The molecule has 1 fully saturated rings. The summed E-state index contributed by atoms with van der Waals surface area (Å²) in [4.78, 5) is 18.1. The van der Waals surface area contributed by atoms with Crippen molar-refractivity contribution in [1.29, 1.82) is 0 Å². The highest BCUT2D eigenvalue weighted by molar-refractivity contribution is 5.80. The lowest BCUT2D eigenvalue weighted by molar-refractivity contribution is -0.127. The van der Waals surface area contributed by atoms with Crippen molar-refractivity contribution < 1.29 is 4.79 Å². The normalized spacial score (nSPS) is 21.1. The first-order chi connectivity index (χ1) is 11.2. The Morgan fingerprint density at radius 2 is 2.17 bits per heavy atom. The largest absolute Gasteiger partial charge is 0.336 e. The van der Waals surface area contributed by atoms with Gasteiger partial charge in [-0.05, 0) is 37.1 Å². The minimum Gasteiger partial charge on any atom is -0.336 e. The third kappa shape index (κ3) is 3.42. The topological polar surface area (TPSA) is 63.1 Å². The van der Waals surface area contributed by atoms with Crippen molar-refractivity contribution in [1.82, 2.24) is 25.0 Å². The maximum Gasteiger partial charge on any atom is 0.224 e. The number of amides is 1. The number of aryl methyl sites for hydroxylation is 2. The molecule has 2 aromatic rings. The first kappa shape index (κ1) is 15.7. The molecule has 3 heterocycles. The number of pyridine rings is 1. The van der Waals surface area contributed by atoms with Crippen molar-refractivity contribution in [2.24, 2.45) is 7.05 Å². The predicted molar refractivity (Wildman–Crippen MR) is 87.7 cm³/mol. The lowest BCUT2D eigenvalue weighted by Crippen LogP contribution is -2.36. The van der Waals surface area contributed by atoms with E-state index in [1.165, 1.54) is 5.56 Å². The fourth-order valence-electron chi connectivity index (χ4n) is 3.26. The van der Waals surface area contributed by atoms with Gasteiger partial charge in [0.1, 0.15) is 0 Å². The molecule has 2 aromatic heterocycles. The molecule has 1 amide bonds. The van der Waals surface area contributed by atoms with Gasteiger partial charge < -0.3 is 10.2 Å². The zero-order chi connectivity index (χ0) is 16.2. The molecule has 0 unspecified atom stereocenters. The standard InChI is InChI=1S/C17H23N5O/c1-21-16(23)11-14(17(21)15-7-10-20-22(15)2)19-9-4-6-13-5-3-8-18-12-13/h3,5,7-8,10,12,14,17,19H,4,6,9,11H2,1-2H3/t14-,17-/m1/s1. The summed E-state index contributed by atoms with van der Waals surface area (Å²) in [7, 11) is 3.79. The van der Waals surface area contributed by atoms with Crippen molar-refractivity contribution in [3.8, 4) is 0 Å². The lowest BCUT2D eigenvalue weighted by atomic mass is 10.1. The summed E-state index contributed by atoms with van der Waals surface area (Å²) >= 11 is 0. The molecular formula is C17H23N5O. The SMILES string of the molecule is CN1C(=O)C[C@@H](NCCCc2cccnc2)[C@@H]1c1ccnn1C. The molecule has 1 aliphatic rings. The van der Waals surface area contributed by atoms with E-state index in [-0.39, 0.29) is 18.0 Å². The van der Waals surface area contributed by atoms with Gasteiger partial charge in [-0.1, -0.05) is 6.07 Å². The Hall–Kier alpha value is -2.21. The van der Waals surface area contributed by atoms with Crippen LogP contribution in [0.3, 0.4) is 0 Å². The van der Waals surface area contributed by atoms with E-state index in [1.807, 2.05) is 42.0 Å². The molecule has 0 aromatic carbocycles. The predicted octanol–water partition coefficient (Wildman–Crippen LogP) is 1.31. The highest BCUT2D eigenvalue weighted by Gasteiger charge is 2.39. The van der Waals surface area contributed by atoms with E-state index in [0.717, 1.165) is 25.1 Å². The number of hydrogen-bond donors (Lipinski definition) is 1. The van der Waals surface area contributed by atoms with Crippen LogP contribution in [0.4, 0.5) is 0 Å². The number of likely N-dealkylation sites (tertiary alicyclic amines) is 1. The van der Waals surface area contributed by atoms with E-state index >= 15 is 0 Å². The van der Waals surface area contributed by atoms with Gasteiger partial charge in [0.25, 0.3) is 0 Å². The summed E-state index contributed by atoms with van der Waals surface area (Å²) in [6.07, 6.45) is 8.04. The van der Waals surface area contributed by atoms with Gasteiger partial charge >= 0.3 is 0 Å². The van der Waals surface area contributed by atoms with Crippen LogP contribution in [0.25, 0.3) is 0 Å². The number of rotatable bonds is 6. The molecular weight excluding hydrogens is 290 g/mol. The lowest BCUT2D eigenvalue weighted by Gasteiger charge is -2.25. The van der Waals surface area contributed by atoms with Crippen LogP contribution in [0.1, 0.15) is 30.1 Å². The summed E-state index contributed by atoms with van der Waals surface area (Å²) in [6.45, 7) is 0.884. The molecule has 0 aliphatic carbocycles. The zero-order valence-corrected chi connectivity index (χ0v) is 13.6. The van der Waals surface area contributed by atoms with Crippen LogP contribution in [-0.4, -0.2) is 45.2 Å². The average Bonchev–Trinajstić information content (AvgIpc) is 3.09. The first-order valence-electron chi connectivity index (χ1n) is 8.02. The maximum absolute atomic E-state index is 12.1. The highest BCUT2D eigenvalue weighted by atomic mass is 16.2. The summed E-state index contributed by atoms with van der Waals surface area (Å²) in [5.41, 5.74) is 2.32. The molecule has 23 heavy (non-hydrogen) atoms. The summed E-state index contributed by atoms with van der Waals surface area (Å²) in [6, 6.07) is 6.24. The van der Waals surface area contributed by atoms with Crippen LogP contribution in [0.5, 0.6) is 0 Å². The van der Waals surface area contributed by atoms with Crippen LogP contribution in [0.2, 0.25) is 0 Å². The van der Waals surface area contributed by atoms with E-state index in [9.17, 15) is 4.79 Å². The first-order valence-corrected chi connectivity index (χ1v) is 8.02. The summed E-state index contributed by atoms with van der Waals surface area (Å²) in [5, 5.41) is 7.79. The number of carbonyl (C=O) groups is 1. The minimum absolute atomic E-state index is 0.0494. The molecule has 6 nitrogen and oxygen atoms in total. The Kier molecular flexibility index (Phi) is 4.71. The molecule has 0 saturated carbocycles. The van der Waals surface area contributed by atoms with Crippen molar-refractivity contribution in [3.63, 3.8) is 0 Å². The molecule has 122 valence electrons. The molecule has 0 radical (unpaired) electrons. The number of nitrogens with zero attached hydrogens (tertiary/aromatic N) is 4. The van der Waals surface area contributed by atoms with E-state index < -0.39 is 0 Å². The Bertz CT molecular complexity index is 654. The summed E-state index contributed by atoms with van der Waals surface area (Å²) < 4.78 is 1.85. The average molecular weight is 313 g/mol. The van der Waals surface area contributed by atoms with E-state index in [0.29, 0.717) is 6.42 Å². The second-order valence-electron chi connectivity index (χ2n) is 6.06. The molecule has 2 atom stereocenters. The van der Waals surface area contributed by atoms with Gasteiger partial charge in [0.05, 0.1) is 11.7 Å². The second kappa shape index (κ2) is 6.91. The van der Waals surface area contributed by atoms with Crippen LogP contribution >= 0.6 is 0 Å². The van der Waals surface area contributed by atoms with Gasteiger partial charge in [-0.15, -0.1) is 0 Å². The molecule has 0 spiro atoms. The Morgan fingerprint density at radius 3 is 2.87 bits per heavy atom. The molecule has 3 rings (SSSR count). The van der Waals surface area contributed by atoms with Crippen LogP contribution in [-0.2, 0) is 18.3 Å². The number of hydrogen-bond acceptors (Lipinski definition) is 4. The van der Waals surface area contributed by atoms with Gasteiger partial charge in [0.15, 0.2) is 0 Å². The van der Waals surface area contributed by atoms with Crippen LogP contribution in [0, 0.1) is 0 Å². The number of carbonyl (C=O) groups excluding carboxylic acids is 1. The van der Waals surface area contributed by atoms with Crippen LogP contribution < -0.4 is 5.32 Å². The maximum atomic E-state index is 12.1. The van der Waals surface area contributed by atoms with E-state index in [2.05, 4.69) is 21.5 Å². The number of aromatic nitrogens is 3. The third-order valence-corrected chi connectivity index (χ3v) is 4.52. The van der Waals surface area contributed by atoms with Crippen molar-refractivity contribution >= 4 is 5.91 Å². The molecule has 1 aliphatic heterocycles. The third-order valence-electron chi connectivity index (χ3n) is 4.52. The zero-order valence-electron chi connectivity index (χ0n) is 13.6. The smallest absolute Gasteiger partial charge is 0.224 e.